The molecule has 5 atom stereocenters. The van der Waals surface area contributed by atoms with E-state index in [-0.39, 0.29) is 47.3 Å². The van der Waals surface area contributed by atoms with E-state index in [4.69, 9.17) is 9.47 Å². The van der Waals surface area contributed by atoms with E-state index in [0.717, 1.165) is 0 Å². The lowest BCUT2D eigenvalue weighted by Gasteiger charge is -2.20. The third-order valence-corrected chi connectivity index (χ3v) is 10.1. The van der Waals surface area contributed by atoms with E-state index in [9.17, 15) is 22.0 Å². The fourth-order valence-electron chi connectivity index (χ4n) is 4.93. The van der Waals surface area contributed by atoms with Crippen molar-refractivity contribution < 1.29 is 31.5 Å². The van der Waals surface area contributed by atoms with Gasteiger partial charge < -0.3 is 14.8 Å². The van der Waals surface area contributed by atoms with Crippen molar-refractivity contribution in [2.75, 3.05) is 11.9 Å². The smallest absolute Gasteiger partial charge is 0.233 e. The highest BCUT2D eigenvalue weighted by Gasteiger charge is 2.39. The van der Waals surface area contributed by atoms with Crippen molar-refractivity contribution >= 4 is 32.2 Å². The molecule has 2 aromatic rings. The Kier molecular flexibility index (Phi) is 6.95. The molecule has 0 radical (unpaired) electrons. The average Bonchev–Trinajstić information content (AvgIpc) is 3.39. The molecule has 2 saturated carbocycles. The lowest BCUT2D eigenvalue weighted by molar-refractivity contribution is -0.139. The van der Waals surface area contributed by atoms with Crippen molar-refractivity contribution in [3.05, 3.63) is 40.9 Å². The summed E-state index contributed by atoms with van der Waals surface area (Å²) in [6, 6.07) is 6.31. The first-order valence-electron chi connectivity index (χ1n) is 12.2. The van der Waals surface area contributed by atoms with Gasteiger partial charge in [0.05, 0.1) is 28.4 Å². The zero-order chi connectivity index (χ0) is 25.7. The molecule has 2 heterocycles. The molecule has 5 rings (SSSR count). The van der Waals surface area contributed by atoms with Crippen LogP contribution in [0.3, 0.4) is 0 Å². The van der Waals surface area contributed by atoms with Crippen LogP contribution in [0.15, 0.2) is 34.5 Å². The van der Waals surface area contributed by atoms with Gasteiger partial charge in [0, 0.05) is 5.38 Å². The van der Waals surface area contributed by atoms with E-state index < -0.39 is 33.9 Å². The quantitative estimate of drug-likeness (QED) is 0.501. The van der Waals surface area contributed by atoms with Crippen LogP contribution in [0.2, 0.25) is 0 Å². The molecule has 1 amide bonds. The summed E-state index contributed by atoms with van der Waals surface area (Å²) in [6.45, 7) is 4.00. The summed E-state index contributed by atoms with van der Waals surface area (Å²) >= 11 is 1.26. The van der Waals surface area contributed by atoms with E-state index in [0.29, 0.717) is 35.8 Å². The van der Waals surface area contributed by atoms with Gasteiger partial charge in [-0.05, 0) is 69.6 Å². The number of aromatic nitrogens is 1. The zero-order valence-electron chi connectivity index (χ0n) is 20.2. The summed E-state index contributed by atoms with van der Waals surface area (Å²) in [6.07, 6.45) is -1.67. The highest BCUT2D eigenvalue weighted by atomic mass is 32.2. The molecule has 0 bridgehead atoms. The molecular weight excluding hydrogens is 510 g/mol. The number of nitrogens with zero attached hydrogens (tertiary/aromatic N) is 1. The predicted molar refractivity (Wildman–Crippen MR) is 131 cm³/mol. The largest absolute Gasteiger partial charge is 0.347 e. The normalized spacial score (nSPS) is 28.8. The molecule has 11 heteroatoms. The van der Waals surface area contributed by atoms with Crippen LogP contribution in [-0.4, -0.2) is 49.3 Å². The standard InChI is InChI=1S/C25H30F2N2O5S2/c1-25(2)33-12-22(34-25)21-13-35-24(28-21)29-23(30)18(9-14-10-19(26)20(27)11-14)15-3-5-16(6-4-15)36(31,32)17-7-8-17/h3-6,13-14,17-20,22H,7-12H2,1-2H3,(H,28,29,30)/t14?,18-,19-,20+,22?/m1/s1. The number of anilines is 1. The Balaban J connectivity index is 1.33. The van der Waals surface area contributed by atoms with E-state index in [2.05, 4.69) is 10.3 Å². The van der Waals surface area contributed by atoms with Gasteiger partial charge in [-0.1, -0.05) is 12.1 Å². The van der Waals surface area contributed by atoms with Crippen LogP contribution in [0.4, 0.5) is 13.9 Å². The first kappa shape index (κ1) is 25.7. The SMILES string of the molecule is CC1(C)OCC(c2csc(NC(=O)[C@H](CC3C[C@@H](F)[C@@H](F)C3)c3ccc(S(=O)(=O)C4CC4)cc3)n2)O1. The molecule has 2 aliphatic carbocycles. The molecule has 1 aliphatic heterocycles. The number of hydrogen-bond acceptors (Lipinski definition) is 7. The first-order valence-corrected chi connectivity index (χ1v) is 14.6. The highest BCUT2D eigenvalue weighted by molar-refractivity contribution is 7.92. The number of halogens is 2. The summed E-state index contributed by atoms with van der Waals surface area (Å²) in [5.41, 5.74) is 1.26. The number of sulfone groups is 1. The van der Waals surface area contributed by atoms with Gasteiger partial charge >= 0.3 is 0 Å². The van der Waals surface area contributed by atoms with Crippen LogP contribution in [-0.2, 0) is 24.1 Å². The van der Waals surface area contributed by atoms with Gasteiger partial charge in [0.1, 0.15) is 18.4 Å². The molecule has 1 aromatic heterocycles. The Hall–Kier alpha value is -1.95. The number of carbonyl (C=O) groups excluding carboxylic acids is 1. The molecule has 7 nitrogen and oxygen atoms in total. The Morgan fingerprint density at radius 1 is 1.19 bits per heavy atom. The summed E-state index contributed by atoms with van der Waals surface area (Å²) in [7, 11) is -3.36. The Morgan fingerprint density at radius 3 is 2.44 bits per heavy atom. The molecule has 3 fully saturated rings. The second kappa shape index (κ2) is 9.74. The van der Waals surface area contributed by atoms with E-state index in [1.165, 1.54) is 23.5 Å². The number of carbonyl (C=O) groups is 1. The van der Waals surface area contributed by atoms with Gasteiger partial charge in [-0.2, -0.15) is 0 Å². The minimum Gasteiger partial charge on any atom is -0.347 e. The topological polar surface area (TPSA) is 94.6 Å². The summed E-state index contributed by atoms with van der Waals surface area (Å²) < 4.78 is 64.3. The van der Waals surface area contributed by atoms with Crippen LogP contribution in [0.1, 0.15) is 69.2 Å². The number of amides is 1. The van der Waals surface area contributed by atoms with Gasteiger partial charge in [0.15, 0.2) is 20.8 Å². The molecule has 0 spiro atoms. The van der Waals surface area contributed by atoms with Crippen molar-refractivity contribution in [3.8, 4) is 0 Å². The molecule has 36 heavy (non-hydrogen) atoms. The van der Waals surface area contributed by atoms with Crippen molar-refractivity contribution in [1.82, 2.24) is 4.98 Å². The molecular formula is C25H30F2N2O5S2. The molecule has 196 valence electrons. The lowest BCUT2D eigenvalue weighted by Crippen LogP contribution is -2.23. The Morgan fingerprint density at radius 2 is 1.86 bits per heavy atom. The van der Waals surface area contributed by atoms with E-state index >= 15 is 0 Å². The van der Waals surface area contributed by atoms with Crippen LogP contribution in [0.5, 0.6) is 0 Å². The average molecular weight is 541 g/mol. The van der Waals surface area contributed by atoms with Gasteiger partial charge in [-0.3, -0.25) is 4.79 Å². The van der Waals surface area contributed by atoms with Crippen molar-refractivity contribution in [2.45, 2.75) is 86.2 Å². The zero-order valence-corrected chi connectivity index (χ0v) is 21.8. The van der Waals surface area contributed by atoms with Gasteiger partial charge in [-0.15, -0.1) is 11.3 Å². The summed E-state index contributed by atoms with van der Waals surface area (Å²) in [5.74, 6) is -2.05. The fraction of sp³-hybridized carbons (Fsp3) is 0.600. The van der Waals surface area contributed by atoms with Crippen LogP contribution >= 0.6 is 11.3 Å². The number of nitrogens with one attached hydrogen (secondary N) is 1. The Labute approximate surface area is 213 Å². The molecule has 3 aliphatic rings. The minimum absolute atomic E-state index is 0.0648. The summed E-state index contributed by atoms with van der Waals surface area (Å²) in [4.78, 5) is 18.1. The van der Waals surface area contributed by atoms with Crippen molar-refractivity contribution in [1.29, 1.82) is 0 Å². The van der Waals surface area contributed by atoms with Crippen molar-refractivity contribution in [2.24, 2.45) is 5.92 Å². The maximum Gasteiger partial charge on any atom is 0.233 e. The summed E-state index contributed by atoms with van der Waals surface area (Å²) in [5, 5.41) is 4.70. The van der Waals surface area contributed by atoms with Gasteiger partial charge in [0.2, 0.25) is 5.91 Å². The number of alkyl halides is 2. The Bertz CT molecular complexity index is 1200. The van der Waals surface area contributed by atoms with E-state index in [1.807, 2.05) is 13.8 Å². The molecule has 2 unspecified atom stereocenters. The third-order valence-electron chi connectivity index (χ3n) is 7.06. The second-order valence-corrected chi connectivity index (χ2v) is 13.4. The van der Waals surface area contributed by atoms with Crippen LogP contribution in [0, 0.1) is 5.92 Å². The minimum atomic E-state index is -3.36. The first-order chi connectivity index (χ1) is 17.0. The number of rotatable bonds is 8. The number of ether oxygens (including phenoxy) is 2. The third kappa shape index (κ3) is 5.49. The van der Waals surface area contributed by atoms with Gasteiger partial charge in [0.25, 0.3) is 0 Å². The second-order valence-electron chi connectivity index (χ2n) is 10.4. The lowest BCUT2D eigenvalue weighted by atomic mass is 9.87. The number of hydrogen-bond donors (Lipinski definition) is 1. The molecule has 1 saturated heterocycles. The molecule has 1 aromatic carbocycles. The maximum absolute atomic E-state index is 13.9. The number of benzene rings is 1. The number of thiazole rings is 1. The van der Waals surface area contributed by atoms with Crippen LogP contribution in [0.25, 0.3) is 0 Å². The van der Waals surface area contributed by atoms with E-state index in [1.54, 1.807) is 17.5 Å². The predicted octanol–water partition coefficient (Wildman–Crippen LogP) is 5.10. The molecule has 1 N–H and O–H groups in total. The highest BCUT2D eigenvalue weighted by Crippen LogP contribution is 2.39. The van der Waals surface area contributed by atoms with Gasteiger partial charge in [-0.25, -0.2) is 22.2 Å². The maximum atomic E-state index is 13.9. The fourth-order valence-corrected chi connectivity index (χ4v) is 7.34. The van der Waals surface area contributed by atoms with Crippen molar-refractivity contribution in [3.63, 3.8) is 0 Å². The monoisotopic (exact) mass is 540 g/mol. The van der Waals surface area contributed by atoms with Crippen LogP contribution < -0.4 is 5.32 Å².